The highest BCUT2D eigenvalue weighted by atomic mass is 19.1. The fraction of sp³-hybridized carbons (Fsp3) is 0.390. The normalized spacial score (nSPS) is 18.3. The smallest absolute Gasteiger partial charge is 0.297 e. The van der Waals surface area contributed by atoms with E-state index in [1.165, 1.54) is 0 Å². The van der Waals surface area contributed by atoms with Crippen molar-refractivity contribution in [2.75, 3.05) is 13.2 Å². The van der Waals surface area contributed by atoms with Gasteiger partial charge in [-0.2, -0.15) is 0 Å². The lowest BCUT2D eigenvalue weighted by Gasteiger charge is -2.40. The van der Waals surface area contributed by atoms with Gasteiger partial charge < -0.3 is 35.2 Å². The first-order valence-electron chi connectivity index (χ1n) is 15.1. The summed E-state index contributed by atoms with van der Waals surface area (Å²) in [6, 6.07) is -1.18. The quantitative estimate of drug-likeness (QED) is 0.151. The molecule has 50 heavy (non-hydrogen) atoms. The maximum atomic E-state index is 15.1. The van der Waals surface area contributed by atoms with Gasteiger partial charge in [-0.3, -0.25) is 4.79 Å². The fourth-order valence-corrected chi connectivity index (χ4v) is 3.59. The predicted octanol–water partition coefficient (Wildman–Crippen LogP) is -0.343. The Morgan fingerprint density at radius 1 is 0.700 bits per heavy atom. The summed E-state index contributed by atoms with van der Waals surface area (Å²) >= 11 is 0. The van der Waals surface area contributed by atoms with Gasteiger partial charge in [-0.25, -0.2) is 4.39 Å². The minimum Gasteiger partial charge on any atom is -0.394 e. The molecule has 0 spiro atoms. The first-order valence-corrected chi connectivity index (χ1v) is 15.1. The number of ether oxygens (including phenoxy) is 2. The summed E-state index contributed by atoms with van der Waals surface area (Å²) in [5, 5.41) is 41.9. The van der Waals surface area contributed by atoms with Crippen molar-refractivity contribution in [3.05, 3.63) is 0 Å². The van der Waals surface area contributed by atoms with Gasteiger partial charge in [-0.1, -0.05) is 38.5 Å². The molecular weight excluding hydrogens is 637 g/mol. The van der Waals surface area contributed by atoms with E-state index >= 15 is 4.39 Å². The van der Waals surface area contributed by atoms with Gasteiger partial charge in [0.15, 0.2) is 6.29 Å². The maximum Gasteiger partial charge on any atom is 0.297 e. The SMILES string of the molecule is CC#CC#CC#CC#CC#CC#CC#CC#CC#CC#CC#CC#CC(=O)N[C@@H](CO[C@@H]1OC(CO)[C@H](O)[C@H](O)C1O)[C@H](F)CCCCCC. The van der Waals surface area contributed by atoms with Crippen molar-refractivity contribution < 1.29 is 39.1 Å². The lowest BCUT2D eigenvalue weighted by atomic mass is 9.99. The van der Waals surface area contributed by atoms with E-state index in [0.717, 1.165) is 19.3 Å². The monoisotopic (exact) mass is 669 g/mol. The highest BCUT2D eigenvalue weighted by Crippen LogP contribution is 2.22. The number of unbranched alkanes of at least 4 members (excludes halogenated alkanes) is 3. The zero-order valence-corrected chi connectivity index (χ0v) is 27.4. The Morgan fingerprint density at radius 2 is 1.16 bits per heavy atom. The lowest BCUT2D eigenvalue weighted by Crippen LogP contribution is -2.59. The van der Waals surface area contributed by atoms with Crippen LogP contribution < -0.4 is 5.32 Å². The van der Waals surface area contributed by atoms with E-state index in [9.17, 15) is 25.2 Å². The summed E-state index contributed by atoms with van der Waals surface area (Å²) in [5.74, 6) is 58.2. The number of aliphatic hydroxyl groups excluding tert-OH is 4. The van der Waals surface area contributed by atoms with E-state index in [2.05, 4.69) is 147 Å². The minimum absolute atomic E-state index is 0.133. The molecule has 0 aromatic heterocycles. The van der Waals surface area contributed by atoms with Crippen molar-refractivity contribution in [1.82, 2.24) is 5.32 Å². The van der Waals surface area contributed by atoms with Crippen molar-refractivity contribution in [2.45, 2.75) is 88.9 Å². The molecule has 5 N–H and O–H groups in total. The molecule has 7 atom stereocenters. The second kappa shape index (κ2) is 27.9. The molecule has 0 aromatic rings. The van der Waals surface area contributed by atoms with Gasteiger partial charge in [-0.15, -0.1) is 0 Å². The van der Waals surface area contributed by atoms with E-state index in [1.807, 2.05) is 6.92 Å². The summed E-state index contributed by atoms with van der Waals surface area (Å²) in [7, 11) is 0. The molecule has 9 heteroatoms. The molecule has 1 heterocycles. The van der Waals surface area contributed by atoms with E-state index in [1.54, 1.807) is 6.92 Å². The number of carbonyl (C=O) groups is 1. The molecule has 1 rings (SSSR count). The molecule has 2 unspecified atom stereocenters. The molecule has 0 saturated carbocycles. The maximum absolute atomic E-state index is 15.1. The Hall–Kier alpha value is -6.12. The molecule has 1 amide bonds. The molecule has 8 nitrogen and oxygen atoms in total. The highest BCUT2D eigenvalue weighted by Gasteiger charge is 2.44. The van der Waals surface area contributed by atoms with Crippen molar-refractivity contribution in [2.24, 2.45) is 0 Å². The van der Waals surface area contributed by atoms with Gasteiger partial charge in [0.25, 0.3) is 5.91 Å². The summed E-state index contributed by atoms with van der Waals surface area (Å²) < 4.78 is 25.9. The zero-order valence-electron chi connectivity index (χ0n) is 27.4. The molecule has 0 aliphatic carbocycles. The van der Waals surface area contributed by atoms with Gasteiger partial charge in [0.05, 0.1) is 19.3 Å². The highest BCUT2D eigenvalue weighted by molar-refractivity contribution is 5.94. The standard InChI is InChI=1S/C41H32FNO7/c1-3-5-7-9-10-11-12-13-14-15-16-17-18-19-20-21-22-23-24-25-26-27-29-31-37(45)43-35(34(42)30-28-8-6-4-2)33-49-41-40(48)39(47)38(46)36(32-44)50-41/h34-36,38-41,44,46-48H,4,6,8,28,30,32-33H2,1-2H3,(H,43,45)/t34-,35+,36?,38+,39+,40?,41-/m1/s1. The number of rotatable bonds is 11. The Labute approximate surface area is 294 Å². The Kier molecular flexibility index (Phi) is 23.4. The summed E-state index contributed by atoms with van der Waals surface area (Å²) in [5.41, 5.74) is 0. The van der Waals surface area contributed by atoms with Gasteiger partial charge in [0, 0.05) is 41.4 Å². The van der Waals surface area contributed by atoms with Crippen LogP contribution >= 0.6 is 0 Å². The van der Waals surface area contributed by atoms with Crippen LogP contribution in [0.1, 0.15) is 46.0 Å². The van der Waals surface area contributed by atoms with Crippen LogP contribution in [0.3, 0.4) is 0 Å². The number of alkyl halides is 1. The number of carbonyl (C=O) groups excluding carboxylic acids is 1. The number of nitrogens with one attached hydrogen (secondary N) is 1. The van der Waals surface area contributed by atoms with Crippen LogP contribution in [0.15, 0.2) is 0 Å². The largest absolute Gasteiger partial charge is 0.394 e. The van der Waals surface area contributed by atoms with Crippen LogP contribution in [0.25, 0.3) is 0 Å². The number of halogens is 1. The predicted molar refractivity (Wildman–Crippen MR) is 184 cm³/mol. The second-order valence-corrected chi connectivity index (χ2v) is 9.60. The van der Waals surface area contributed by atoms with Gasteiger partial charge in [-0.05, 0) is 108 Å². The molecular formula is C41H32FNO7. The summed E-state index contributed by atoms with van der Waals surface area (Å²) in [6.45, 7) is 2.60. The number of hydrogen-bond donors (Lipinski definition) is 5. The molecule has 1 fully saturated rings. The minimum atomic E-state index is -1.67. The van der Waals surface area contributed by atoms with E-state index in [4.69, 9.17) is 9.47 Å². The number of amides is 1. The second-order valence-electron chi connectivity index (χ2n) is 9.60. The number of aliphatic hydroxyl groups is 4. The van der Waals surface area contributed by atoms with Gasteiger partial charge >= 0.3 is 0 Å². The summed E-state index contributed by atoms with van der Waals surface area (Å²) in [4.78, 5) is 12.4. The van der Waals surface area contributed by atoms with Crippen LogP contribution in [0, 0.1) is 142 Å². The van der Waals surface area contributed by atoms with Crippen LogP contribution in [-0.4, -0.2) is 82.5 Å². The van der Waals surface area contributed by atoms with Crippen LogP contribution in [0.5, 0.6) is 0 Å². The molecule has 250 valence electrons. The first kappa shape index (κ1) is 41.9. The molecule has 0 radical (unpaired) electrons. The van der Waals surface area contributed by atoms with Gasteiger partial charge in [0.1, 0.15) is 30.6 Å². The third-order valence-electron chi connectivity index (χ3n) is 5.99. The average molecular weight is 670 g/mol. The van der Waals surface area contributed by atoms with E-state index in [0.29, 0.717) is 6.42 Å². The van der Waals surface area contributed by atoms with Gasteiger partial charge in [0.2, 0.25) is 0 Å². The van der Waals surface area contributed by atoms with Crippen molar-refractivity contribution in [1.29, 1.82) is 0 Å². The third-order valence-corrected chi connectivity index (χ3v) is 5.99. The Morgan fingerprint density at radius 3 is 1.60 bits per heavy atom. The van der Waals surface area contributed by atoms with E-state index < -0.39 is 62.0 Å². The summed E-state index contributed by atoms with van der Waals surface area (Å²) in [6.07, 6.45) is -5.70. The molecule has 0 aromatic carbocycles. The van der Waals surface area contributed by atoms with E-state index in [-0.39, 0.29) is 6.42 Å². The molecule has 1 aliphatic heterocycles. The number of hydrogen-bond acceptors (Lipinski definition) is 7. The first-order chi connectivity index (χ1) is 24.3. The molecule has 1 aliphatic rings. The van der Waals surface area contributed by atoms with Crippen molar-refractivity contribution in [3.8, 4) is 142 Å². The lowest BCUT2D eigenvalue weighted by molar-refractivity contribution is -0.302. The molecule has 0 bridgehead atoms. The average Bonchev–Trinajstić information content (AvgIpc) is 3.11. The third kappa shape index (κ3) is 19.5. The van der Waals surface area contributed by atoms with Crippen LogP contribution in [0.2, 0.25) is 0 Å². The van der Waals surface area contributed by atoms with Crippen molar-refractivity contribution in [3.63, 3.8) is 0 Å². The Bertz CT molecular complexity index is 1950. The molecule has 1 saturated heterocycles. The van der Waals surface area contributed by atoms with Crippen LogP contribution in [0.4, 0.5) is 4.39 Å². The van der Waals surface area contributed by atoms with Crippen molar-refractivity contribution >= 4 is 5.91 Å². The fourth-order valence-electron chi connectivity index (χ4n) is 3.59. The zero-order chi connectivity index (χ0) is 36.7. The van der Waals surface area contributed by atoms with Crippen LogP contribution in [-0.2, 0) is 14.3 Å². The topological polar surface area (TPSA) is 128 Å². The Balaban J connectivity index is 2.69.